The first-order valence-electron chi connectivity index (χ1n) is 4.90. The number of rotatable bonds is 3. The van der Waals surface area contributed by atoms with Crippen molar-refractivity contribution < 1.29 is 4.74 Å². The molecule has 76 valence electrons. The van der Waals surface area contributed by atoms with E-state index in [4.69, 9.17) is 10.5 Å². The third kappa shape index (κ3) is 2.66. The number of thioether (sulfide) groups is 1. The minimum absolute atomic E-state index is 0.734. The standard InChI is InChI=1S/C11H15NOS/c12-10-1-3-11(4-2-10)14-8-9-5-6-13-7-9/h1-4,9H,5-8,12H2. The van der Waals surface area contributed by atoms with E-state index in [9.17, 15) is 0 Å². The van der Waals surface area contributed by atoms with Crippen LogP contribution in [0.5, 0.6) is 0 Å². The summed E-state index contributed by atoms with van der Waals surface area (Å²) in [5, 5.41) is 0. The Morgan fingerprint density at radius 2 is 2.14 bits per heavy atom. The topological polar surface area (TPSA) is 35.2 Å². The summed E-state index contributed by atoms with van der Waals surface area (Å²) in [6.45, 7) is 1.87. The highest BCUT2D eigenvalue weighted by Crippen LogP contribution is 2.25. The smallest absolute Gasteiger partial charge is 0.0503 e. The predicted octanol–water partition coefficient (Wildman–Crippen LogP) is 2.40. The third-order valence-corrected chi connectivity index (χ3v) is 3.63. The molecule has 1 aromatic carbocycles. The fourth-order valence-corrected chi connectivity index (χ4v) is 2.51. The van der Waals surface area contributed by atoms with Gasteiger partial charge in [-0.05, 0) is 36.6 Å². The molecule has 0 radical (unpaired) electrons. The van der Waals surface area contributed by atoms with E-state index in [1.807, 2.05) is 23.9 Å². The van der Waals surface area contributed by atoms with Crippen molar-refractivity contribution in [3.8, 4) is 0 Å². The highest BCUT2D eigenvalue weighted by atomic mass is 32.2. The highest BCUT2D eigenvalue weighted by Gasteiger charge is 2.15. The van der Waals surface area contributed by atoms with E-state index in [0.717, 1.165) is 30.6 Å². The van der Waals surface area contributed by atoms with E-state index in [1.54, 1.807) is 0 Å². The van der Waals surface area contributed by atoms with E-state index < -0.39 is 0 Å². The molecule has 1 aliphatic rings. The van der Waals surface area contributed by atoms with Crippen LogP contribution in [-0.2, 0) is 4.74 Å². The maximum Gasteiger partial charge on any atom is 0.0503 e. The monoisotopic (exact) mass is 209 g/mol. The molecule has 14 heavy (non-hydrogen) atoms. The number of hydrogen-bond donors (Lipinski definition) is 1. The first kappa shape index (κ1) is 9.87. The van der Waals surface area contributed by atoms with Crippen molar-refractivity contribution >= 4 is 17.4 Å². The van der Waals surface area contributed by atoms with Crippen LogP contribution in [0.4, 0.5) is 5.69 Å². The molecule has 2 N–H and O–H groups in total. The first-order chi connectivity index (χ1) is 6.84. The van der Waals surface area contributed by atoms with Crippen molar-refractivity contribution in [3.05, 3.63) is 24.3 Å². The number of ether oxygens (including phenoxy) is 1. The number of benzene rings is 1. The van der Waals surface area contributed by atoms with Crippen LogP contribution in [0.1, 0.15) is 6.42 Å². The molecule has 1 unspecified atom stereocenters. The average molecular weight is 209 g/mol. The van der Waals surface area contributed by atoms with E-state index in [-0.39, 0.29) is 0 Å². The van der Waals surface area contributed by atoms with Crippen molar-refractivity contribution in [1.82, 2.24) is 0 Å². The van der Waals surface area contributed by atoms with Crippen LogP contribution in [0.3, 0.4) is 0 Å². The first-order valence-corrected chi connectivity index (χ1v) is 5.89. The van der Waals surface area contributed by atoms with Gasteiger partial charge in [-0.1, -0.05) is 0 Å². The molecule has 0 aromatic heterocycles. The molecule has 1 aliphatic heterocycles. The summed E-state index contributed by atoms with van der Waals surface area (Å²) < 4.78 is 5.33. The zero-order chi connectivity index (χ0) is 9.80. The van der Waals surface area contributed by atoms with Crippen LogP contribution in [0.2, 0.25) is 0 Å². The second kappa shape index (κ2) is 4.71. The lowest BCUT2D eigenvalue weighted by Crippen LogP contribution is -2.01. The van der Waals surface area contributed by atoms with E-state index in [2.05, 4.69) is 12.1 Å². The summed E-state index contributed by atoms with van der Waals surface area (Å²) in [5.41, 5.74) is 6.45. The van der Waals surface area contributed by atoms with Crippen LogP contribution in [0.25, 0.3) is 0 Å². The molecule has 1 fully saturated rings. The molecule has 1 atom stereocenters. The van der Waals surface area contributed by atoms with Gasteiger partial charge in [-0.3, -0.25) is 0 Å². The minimum atomic E-state index is 0.734. The lowest BCUT2D eigenvalue weighted by atomic mass is 10.2. The van der Waals surface area contributed by atoms with Crippen LogP contribution in [0.15, 0.2) is 29.2 Å². The molecule has 1 heterocycles. The second-order valence-corrected chi connectivity index (χ2v) is 4.70. The Hall–Kier alpha value is -0.670. The lowest BCUT2D eigenvalue weighted by Gasteiger charge is -2.06. The number of anilines is 1. The number of nitrogen functional groups attached to an aromatic ring is 1. The molecule has 0 spiro atoms. The van der Waals surface area contributed by atoms with Crippen molar-refractivity contribution in [2.24, 2.45) is 5.92 Å². The van der Waals surface area contributed by atoms with Gasteiger partial charge in [0.05, 0.1) is 6.61 Å². The highest BCUT2D eigenvalue weighted by molar-refractivity contribution is 7.99. The van der Waals surface area contributed by atoms with Gasteiger partial charge in [-0.15, -0.1) is 11.8 Å². The van der Waals surface area contributed by atoms with Gasteiger partial charge in [0.25, 0.3) is 0 Å². The Kier molecular flexibility index (Phi) is 3.32. The Balaban J connectivity index is 1.82. The summed E-state index contributed by atoms with van der Waals surface area (Å²) in [6, 6.07) is 8.06. The molecule has 1 saturated heterocycles. The lowest BCUT2D eigenvalue weighted by molar-refractivity contribution is 0.189. The van der Waals surface area contributed by atoms with Gasteiger partial charge < -0.3 is 10.5 Å². The molecule has 0 amide bonds. The van der Waals surface area contributed by atoms with Crippen molar-refractivity contribution in [1.29, 1.82) is 0 Å². The zero-order valence-electron chi connectivity index (χ0n) is 8.11. The maximum absolute atomic E-state index is 5.62. The fraction of sp³-hybridized carbons (Fsp3) is 0.455. The van der Waals surface area contributed by atoms with Gasteiger partial charge >= 0.3 is 0 Å². The maximum atomic E-state index is 5.62. The molecule has 0 bridgehead atoms. The van der Waals surface area contributed by atoms with Gasteiger partial charge in [0.1, 0.15) is 0 Å². The molecule has 0 aliphatic carbocycles. The van der Waals surface area contributed by atoms with Crippen LogP contribution in [-0.4, -0.2) is 19.0 Å². The van der Waals surface area contributed by atoms with Crippen LogP contribution >= 0.6 is 11.8 Å². The van der Waals surface area contributed by atoms with Gasteiger partial charge in [-0.2, -0.15) is 0 Å². The van der Waals surface area contributed by atoms with Crippen LogP contribution < -0.4 is 5.73 Å². The molecular weight excluding hydrogens is 194 g/mol. The molecule has 0 saturated carbocycles. The van der Waals surface area contributed by atoms with Gasteiger partial charge in [0.15, 0.2) is 0 Å². The van der Waals surface area contributed by atoms with E-state index in [0.29, 0.717) is 0 Å². The Morgan fingerprint density at radius 1 is 1.36 bits per heavy atom. The summed E-state index contributed by atoms with van der Waals surface area (Å²) >= 11 is 1.89. The average Bonchev–Trinajstić information content (AvgIpc) is 2.70. The fourth-order valence-electron chi connectivity index (χ4n) is 1.49. The minimum Gasteiger partial charge on any atom is -0.399 e. The predicted molar refractivity (Wildman–Crippen MR) is 60.5 cm³/mol. The quantitative estimate of drug-likeness (QED) is 0.613. The van der Waals surface area contributed by atoms with Gasteiger partial charge in [0, 0.05) is 22.9 Å². The number of hydrogen-bond acceptors (Lipinski definition) is 3. The van der Waals surface area contributed by atoms with Crippen LogP contribution in [0, 0.1) is 5.92 Å². The SMILES string of the molecule is Nc1ccc(SCC2CCOC2)cc1. The number of nitrogens with two attached hydrogens (primary N) is 1. The summed E-state index contributed by atoms with van der Waals surface area (Å²) in [5.74, 6) is 1.89. The molecule has 3 heteroatoms. The molecule has 2 rings (SSSR count). The van der Waals surface area contributed by atoms with Crippen molar-refractivity contribution in [2.45, 2.75) is 11.3 Å². The normalized spacial score (nSPS) is 21.3. The van der Waals surface area contributed by atoms with Crippen molar-refractivity contribution in [2.75, 3.05) is 24.7 Å². The van der Waals surface area contributed by atoms with Crippen molar-refractivity contribution in [3.63, 3.8) is 0 Å². The summed E-state index contributed by atoms with van der Waals surface area (Å²) in [7, 11) is 0. The van der Waals surface area contributed by atoms with E-state index >= 15 is 0 Å². The largest absolute Gasteiger partial charge is 0.399 e. The summed E-state index contributed by atoms with van der Waals surface area (Å²) in [6.07, 6.45) is 1.21. The second-order valence-electron chi connectivity index (χ2n) is 3.61. The Morgan fingerprint density at radius 3 is 2.79 bits per heavy atom. The zero-order valence-corrected chi connectivity index (χ0v) is 8.93. The van der Waals surface area contributed by atoms with Gasteiger partial charge in [0.2, 0.25) is 0 Å². The molecule has 2 nitrogen and oxygen atoms in total. The van der Waals surface area contributed by atoms with E-state index in [1.165, 1.54) is 11.3 Å². The van der Waals surface area contributed by atoms with Gasteiger partial charge in [-0.25, -0.2) is 0 Å². The Labute approximate surface area is 88.8 Å². The molecular formula is C11H15NOS. The molecule has 1 aromatic rings. The summed E-state index contributed by atoms with van der Waals surface area (Å²) in [4.78, 5) is 1.30. The Bertz CT molecular complexity index is 280. The third-order valence-electron chi connectivity index (χ3n) is 2.39.